The Labute approximate surface area is 98.3 Å². The van der Waals surface area contributed by atoms with Gasteiger partial charge in [0.15, 0.2) is 0 Å². The lowest BCUT2D eigenvalue weighted by Crippen LogP contribution is -2.18. The first kappa shape index (κ1) is 12.6. The Hall–Kier alpha value is -1.49. The van der Waals surface area contributed by atoms with Crippen LogP contribution in [0.2, 0.25) is 0 Å². The minimum atomic E-state index is 0.558. The molecular formula is C14H20N2. The Morgan fingerprint density at radius 1 is 1.12 bits per heavy atom. The topological polar surface area (TPSA) is 35.8 Å². The summed E-state index contributed by atoms with van der Waals surface area (Å²) in [6, 6.07) is 10.4. The standard InChI is InChI=1S/C14H20N2/c1-3-5-13(6-4-2)16-14-9-7-12(11-15)8-10-14/h7-10,13,16H,3-6H2,1-2H3. The number of nitriles is 1. The number of benzene rings is 1. The monoisotopic (exact) mass is 216 g/mol. The molecule has 0 amide bonds. The second-order valence-electron chi connectivity index (χ2n) is 4.11. The van der Waals surface area contributed by atoms with E-state index in [0.717, 1.165) is 5.69 Å². The van der Waals surface area contributed by atoms with Gasteiger partial charge in [-0.3, -0.25) is 0 Å². The average Bonchev–Trinajstić information content (AvgIpc) is 2.31. The number of nitrogens with one attached hydrogen (secondary N) is 1. The molecule has 86 valence electrons. The van der Waals surface area contributed by atoms with Gasteiger partial charge in [-0.15, -0.1) is 0 Å². The van der Waals surface area contributed by atoms with E-state index in [4.69, 9.17) is 5.26 Å². The zero-order chi connectivity index (χ0) is 11.8. The molecule has 0 fully saturated rings. The van der Waals surface area contributed by atoms with Crippen molar-refractivity contribution in [3.8, 4) is 6.07 Å². The van der Waals surface area contributed by atoms with Crippen LogP contribution in [-0.4, -0.2) is 6.04 Å². The van der Waals surface area contributed by atoms with E-state index in [9.17, 15) is 0 Å². The Kier molecular flexibility index (Phi) is 5.42. The molecule has 2 heteroatoms. The number of hydrogen-bond acceptors (Lipinski definition) is 2. The van der Waals surface area contributed by atoms with Crippen molar-refractivity contribution in [2.75, 3.05) is 5.32 Å². The molecule has 1 aromatic rings. The van der Waals surface area contributed by atoms with Gasteiger partial charge >= 0.3 is 0 Å². The smallest absolute Gasteiger partial charge is 0.0991 e. The third-order valence-electron chi connectivity index (χ3n) is 2.66. The first-order chi connectivity index (χ1) is 7.80. The average molecular weight is 216 g/mol. The molecule has 16 heavy (non-hydrogen) atoms. The van der Waals surface area contributed by atoms with Gasteiger partial charge in [0.1, 0.15) is 0 Å². The molecule has 0 aliphatic heterocycles. The molecule has 0 aromatic heterocycles. The van der Waals surface area contributed by atoms with Crippen molar-refractivity contribution in [2.24, 2.45) is 0 Å². The van der Waals surface area contributed by atoms with Crippen LogP contribution in [0.4, 0.5) is 5.69 Å². The summed E-state index contributed by atoms with van der Waals surface area (Å²) in [6.45, 7) is 4.42. The molecule has 0 aliphatic rings. The summed E-state index contributed by atoms with van der Waals surface area (Å²) in [7, 11) is 0. The highest BCUT2D eigenvalue weighted by atomic mass is 14.9. The fourth-order valence-electron chi connectivity index (χ4n) is 1.86. The minimum absolute atomic E-state index is 0.558. The summed E-state index contributed by atoms with van der Waals surface area (Å²) in [6.07, 6.45) is 4.81. The zero-order valence-electron chi connectivity index (χ0n) is 10.2. The molecule has 0 aliphatic carbocycles. The zero-order valence-corrected chi connectivity index (χ0v) is 10.2. The van der Waals surface area contributed by atoms with Crippen molar-refractivity contribution >= 4 is 5.69 Å². The van der Waals surface area contributed by atoms with Gasteiger partial charge in [0.25, 0.3) is 0 Å². The molecule has 1 rings (SSSR count). The Morgan fingerprint density at radius 2 is 1.69 bits per heavy atom. The lowest BCUT2D eigenvalue weighted by atomic mass is 10.1. The maximum absolute atomic E-state index is 8.71. The van der Waals surface area contributed by atoms with E-state index in [-0.39, 0.29) is 0 Å². The molecule has 0 saturated heterocycles. The van der Waals surface area contributed by atoms with E-state index in [2.05, 4.69) is 25.2 Å². The number of nitrogens with zero attached hydrogens (tertiary/aromatic N) is 1. The highest BCUT2D eigenvalue weighted by Gasteiger charge is 2.05. The van der Waals surface area contributed by atoms with Gasteiger partial charge in [-0.05, 0) is 37.1 Å². The molecule has 1 N–H and O–H groups in total. The lowest BCUT2D eigenvalue weighted by molar-refractivity contribution is 0.586. The van der Waals surface area contributed by atoms with Crippen LogP contribution in [0.5, 0.6) is 0 Å². The predicted molar refractivity (Wildman–Crippen MR) is 68.4 cm³/mol. The SMILES string of the molecule is CCCC(CCC)Nc1ccc(C#N)cc1. The van der Waals surface area contributed by atoms with Crippen LogP contribution in [-0.2, 0) is 0 Å². The van der Waals surface area contributed by atoms with Gasteiger partial charge in [0.05, 0.1) is 11.6 Å². The van der Waals surface area contributed by atoms with E-state index < -0.39 is 0 Å². The first-order valence-corrected chi connectivity index (χ1v) is 6.06. The van der Waals surface area contributed by atoms with Crippen molar-refractivity contribution in [3.63, 3.8) is 0 Å². The third-order valence-corrected chi connectivity index (χ3v) is 2.66. The molecule has 0 bridgehead atoms. The second-order valence-corrected chi connectivity index (χ2v) is 4.11. The van der Waals surface area contributed by atoms with Crippen molar-refractivity contribution in [1.82, 2.24) is 0 Å². The third kappa shape index (κ3) is 3.94. The molecule has 0 saturated carbocycles. The Bertz CT molecular complexity index is 329. The molecule has 0 atom stereocenters. The summed E-state index contributed by atoms with van der Waals surface area (Å²) in [5.41, 5.74) is 1.83. The van der Waals surface area contributed by atoms with E-state index in [1.807, 2.05) is 24.3 Å². The van der Waals surface area contributed by atoms with Crippen LogP contribution in [0, 0.1) is 11.3 Å². The van der Waals surface area contributed by atoms with Crippen LogP contribution < -0.4 is 5.32 Å². The van der Waals surface area contributed by atoms with E-state index in [1.165, 1.54) is 25.7 Å². The molecule has 1 aromatic carbocycles. The van der Waals surface area contributed by atoms with Gasteiger partial charge in [0.2, 0.25) is 0 Å². The number of anilines is 1. The van der Waals surface area contributed by atoms with Gasteiger partial charge in [-0.25, -0.2) is 0 Å². The summed E-state index contributed by atoms with van der Waals surface area (Å²) in [5.74, 6) is 0. The van der Waals surface area contributed by atoms with E-state index >= 15 is 0 Å². The van der Waals surface area contributed by atoms with Crippen LogP contribution in [0.1, 0.15) is 45.1 Å². The van der Waals surface area contributed by atoms with Crippen molar-refractivity contribution < 1.29 is 0 Å². The predicted octanol–water partition coefficient (Wildman–Crippen LogP) is 3.94. The van der Waals surface area contributed by atoms with E-state index in [0.29, 0.717) is 11.6 Å². The van der Waals surface area contributed by atoms with Crippen molar-refractivity contribution in [3.05, 3.63) is 29.8 Å². The Morgan fingerprint density at radius 3 is 2.12 bits per heavy atom. The Balaban J connectivity index is 2.59. The molecular weight excluding hydrogens is 196 g/mol. The summed E-state index contributed by atoms with van der Waals surface area (Å²) in [4.78, 5) is 0. The van der Waals surface area contributed by atoms with Crippen LogP contribution in [0.25, 0.3) is 0 Å². The van der Waals surface area contributed by atoms with Crippen molar-refractivity contribution in [2.45, 2.75) is 45.6 Å². The van der Waals surface area contributed by atoms with Gasteiger partial charge in [0, 0.05) is 11.7 Å². The van der Waals surface area contributed by atoms with Gasteiger partial charge < -0.3 is 5.32 Å². The molecule has 2 nitrogen and oxygen atoms in total. The minimum Gasteiger partial charge on any atom is -0.382 e. The van der Waals surface area contributed by atoms with Crippen molar-refractivity contribution in [1.29, 1.82) is 5.26 Å². The highest BCUT2D eigenvalue weighted by molar-refractivity contribution is 5.47. The highest BCUT2D eigenvalue weighted by Crippen LogP contribution is 2.15. The second kappa shape index (κ2) is 6.90. The quantitative estimate of drug-likeness (QED) is 0.781. The van der Waals surface area contributed by atoms with Gasteiger partial charge in [-0.1, -0.05) is 26.7 Å². The van der Waals surface area contributed by atoms with Crippen LogP contribution >= 0.6 is 0 Å². The normalized spacial score (nSPS) is 10.1. The maximum Gasteiger partial charge on any atom is 0.0991 e. The molecule has 0 heterocycles. The maximum atomic E-state index is 8.71. The molecule has 0 radical (unpaired) electrons. The fraction of sp³-hybridized carbons (Fsp3) is 0.500. The number of rotatable bonds is 6. The first-order valence-electron chi connectivity index (χ1n) is 6.06. The van der Waals surface area contributed by atoms with E-state index in [1.54, 1.807) is 0 Å². The largest absolute Gasteiger partial charge is 0.382 e. The van der Waals surface area contributed by atoms with Crippen LogP contribution in [0.15, 0.2) is 24.3 Å². The molecule has 0 unspecified atom stereocenters. The summed E-state index contributed by atoms with van der Waals surface area (Å²) in [5, 5.41) is 12.2. The molecule has 0 spiro atoms. The van der Waals surface area contributed by atoms with Crippen LogP contribution in [0.3, 0.4) is 0 Å². The summed E-state index contributed by atoms with van der Waals surface area (Å²) < 4.78 is 0. The summed E-state index contributed by atoms with van der Waals surface area (Å²) >= 11 is 0. The number of hydrogen-bond donors (Lipinski definition) is 1. The lowest BCUT2D eigenvalue weighted by Gasteiger charge is -2.18. The van der Waals surface area contributed by atoms with Gasteiger partial charge in [-0.2, -0.15) is 5.26 Å². The fourth-order valence-corrected chi connectivity index (χ4v) is 1.86.